The SMILES string of the molecule is CCCCCc1ccc(-c2ccc(-c3ccc(-c4cc(F)c(C=O)c(F)c4)c(F)c3)c(F)c2)cc1. The van der Waals surface area contributed by atoms with Gasteiger partial charge in [-0.1, -0.05) is 68.3 Å². The predicted octanol–water partition coefficient (Wildman–Crippen LogP) is 8.79. The Morgan fingerprint density at radius 2 is 1.11 bits per heavy atom. The lowest BCUT2D eigenvalue weighted by Crippen LogP contribution is -1.96. The summed E-state index contributed by atoms with van der Waals surface area (Å²) in [6, 6.07) is 18.6. The maximum Gasteiger partial charge on any atom is 0.155 e. The van der Waals surface area contributed by atoms with Crippen molar-refractivity contribution in [3.63, 3.8) is 0 Å². The molecule has 0 aliphatic carbocycles. The number of carbonyl (C=O) groups is 1. The first kappa shape index (κ1) is 24.4. The number of unbranched alkanes of at least 4 members (excludes halogenated alkanes) is 2. The lowest BCUT2D eigenvalue weighted by Gasteiger charge is -2.11. The molecule has 0 amide bonds. The molecule has 4 aromatic carbocycles. The summed E-state index contributed by atoms with van der Waals surface area (Å²) in [4.78, 5) is 10.8. The summed E-state index contributed by atoms with van der Waals surface area (Å²) in [6.07, 6.45) is 4.59. The second kappa shape index (κ2) is 10.7. The van der Waals surface area contributed by atoms with Crippen LogP contribution in [0.25, 0.3) is 33.4 Å². The van der Waals surface area contributed by atoms with E-state index in [0.29, 0.717) is 11.1 Å². The van der Waals surface area contributed by atoms with Gasteiger partial charge >= 0.3 is 0 Å². The number of hydrogen-bond acceptors (Lipinski definition) is 1. The summed E-state index contributed by atoms with van der Waals surface area (Å²) in [5.74, 6) is -3.42. The molecule has 35 heavy (non-hydrogen) atoms. The summed E-state index contributed by atoms with van der Waals surface area (Å²) >= 11 is 0. The highest BCUT2D eigenvalue weighted by Crippen LogP contribution is 2.32. The van der Waals surface area contributed by atoms with Crippen LogP contribution in [-0.4, -0.2) is 6.29 Å². The molecule has 0 unspecified atom stereocenters. The Morgan fingerprint density at radius 3 is 1.69 bits per heavy atom. The highest BCUT2D eigenvalue weighted by atomic mass is 19.1. The van der Waals surface area contributed by atoms with Gasteiger partial charge in [-0.25, -0.2) is 17.6 Å². The van der Waals surface area contributed by atoms with Crippen LogP contribution in [0.2, 0.25) is 0 Å². The summed E-state index contributed by atoms with van der Waals surface area (Å²) in [5.41, 5.74) is 2.54. The molecule has 0 aliphatic heterocycles. The van der Waals surface area contributed by atoms with E-state index in [2.05, 4.69) is 19.1 Å². The standard InChI is InChI=1S/C30H24F4O/c1-2-3-4-5-19-6-8-20(9-7-19)21-10-12-24(27(31)14-21)22-11-13-25(28(32)15-22)23-16-29(33)26(18-35)30(34)17-23/h6-18H,2-5H2,1H3. The van der Waals surface area contributed by atoms with E-state index in [0.717, 1.165) is 36.6 Å². The Morgan fingerprint density at radius 1 is 0.600 bits per heavy atom. The van der Waals surface area contributed by atoms with Gasteiger partial charge in [0.15, 0.2) is 6.29 Å². The molecule has 178 valence electrons. The zero-order valence-corrected chi connectivity index (χ0v) is 19.3. The van der Waals surface area contributed by atoms with E-state index < -0.39 is 28.8 Å². The summed E-state index contributed by atoms with van der Waals surface area (Å²) in [6.45, 7) is 2.17. The summed E-state index contributed by atoms with van der Waals surface area (Å²) in [5, 5.41) is 0. The molecule has 0 heterocycles. The van der Waals surface area contributed by atoms with Crippen LogP contribution < -0.4 is 0 Å². The molecular weight excluding hydrogens is 452 g/mol. The quantitative estimate of drug-likeness (QED) is 0.141. The largest absolute Gasteiger partial charge is 0.298 e. The Labute approximate surface area is 202 Å². The van der Waals surface area contributed by atoms with E-state index in [-0.39, 0.29) is 23.0 Å². The van der Waals surface area contributed by atoms with Crippen molar-refractivity contribution in [2.75, 3.05) is 0 Å². The first-order valence-corrected chi connectivity index (χ1v) is 11.5. The van der Waals surface area contributed by atoms with Gasteiger partial charge in [-0.05, 0) is 64.9 Å². The molecule has 0 aliphatic rings. The monoisotopic (exact) mass is 476 g/mol. The molecule has 0 aromatic heterocycles. The lowest BCUT2D eigenvalue weighted by atomic mass is 9.96. The van der Waals surface area contributed by atoms with E-state index in [9.17, 15) is 22.4 Å². The number of rotatable bonds is 8. The van der Waals surface area contributed by atoms with Gasteiger partial charge in [-0.3, -0.25) is 4.79 Å². The highest BCUT2D eigenvalue weighted by Gasteiger charge is 2.15. The Kier molecular flexibility index (Phi) is 7.45. The fourth-order valence-corrected chi connectivity index (χ4v) is 4.14. The maximum atomic E-state index is 15.0. The minimum Gasteiger partial charge on any atom is -0.298 e. The van der Waals surface area contributed by atoms with Crippen LogP contribution in [0, 0.1) is 23.3 Å². The summed E-state index contributed by atoms with van der Waals surface area (Å²) < 4.78 is 57.8. The smallest absolute Gasteiger partial charge is 0.155 e. The number of carbonyl (C=O) groups excluding carboxylic acids is 1. The van der Waals surface area contributed by atoms with Gasteiger partial charge in [-0.15, -0.1) is 0 Å². The minimum atomic E-state index is -1.07. The second-order valence-corrected chi connectivity index (χ2v) is 8.51. The number of hydrogen-bond donors (Lipinski definition) is 0. The zero-order valence-electron chi connectivity index (χ0n) is 19.3. The minimum absolute atomic E-state index is 0.0522. The fraction of sp³-hybridized carbons (Fsp3) is 0.167. The van der Waals surface area contributed by atoms with Crippen LogP contribution in [0.4, 0.5) is 17.6 Å². The van der Waals surface area contributed by atoms with Gasteiger partial charge in [0.1, 0.15) is 23.3 Å². The van der Waals surface area contributed by atoms with Gasteiger partial charge in [0.25, 0.3) is 0 Å². The molecule has 0 spiro atoms. The Balaban J connectivity index is 1.58. The lowest BCUT2D eigenvalue weighted by molar-refractivity contribution is 0.111. The second-order valence-electron chi connectivity index (χ2n) is 8.51. The molecule has 5 heteroatoms. The average Bonchev–Trinajstić information content (AvgIpc) is 2.84. The van der Waals surface area contributed by atoms with E-state index in [1.165, 1.54) is 36.6 Å². The molecule has 4 rings (SSSR count). The molecule has 1 nitrogen and oxygen atoms in total. The first-order valence-electron chi connectivity index (χ1n) is 11.5. The van der Waals surface area contributed by atoms with Crippen molar-refractivity contribution in [1.82, 2.24) is 0 Å². The van der Waals surface area contributed by atoms with Crippen molar-refractivity contribution in [2.24, 2.45) is 0 Å². The van der Waals surface area contributed by atoms with Gasteiger partial charge in [0.2, 0.25) is 0 Å². The van der Waals surface area contributed by atoms with Crippen LogP contribution in [0.1, 0.15) is 42.1 Å². The van der Waals surface area contributed by atoms with Crippen LogP contribution in [-0.2, 0) is 6.42 Å². The van der Waals surface area contributed by atoms with Crippen LogP contribution in [0.15, 0.2) is 72.8 Å². The number of benzene rings is 4. The van der Waals surface area contributed by atoms with Gasteiger partial charge in [0, 0.05) is 11.1 Å². The molecular formula is C30H24F4O. The van der Waals surface area contributed by atoms with Gasteiger partial charge < -0.3 is 0 Å². The molecule has 0 fully saturated rings. The van der Waals surface area contributed by atoms with Crippen LogP contribution in [0.3, 0.4) is 0 Å². The average molecular weight is 477 g/mol. The van der Waals surface area contributed by atoms with Crippen LogP contribution in [0.5, 0.6) is 0 Å². The molecule has 0 saturated carbocycles. The first-order chi connectivity index (χ1) is 16.9. The third kappa shape index (κ3) is 5.35. The van der Waals surface area contributed by atoms with Gasteiger partial charge in [-0.2, -0.15) is 0 Å². The maximum absolute atomic E-state index is 15.0. The van der Waals surface area contributed by atoms with Crippen LogP contribution >= 0.6 is 0 Å². The number of aldehydes is 1. The zero-order chi connectivity index (χ0) is 24.9. The van der Waals surface area contributed by atoms with Crippen molar-refractivity contribution in [3.8, 4) is 33.4 Å². The molecule has 0 radical (unpaired) electrons. The predicted molar refractivity (Wildman–Crippen MR) is 131 cm³/mol. The van der Waals surface area contributed by atoms with Crippen molar-refractivity contribution >= 4 is 6.29 Å². The van der Waals surface area contributed by atoms with Crippen molar-refractivity contribution < 1.29 is 22.4 Å². The molecule has 0 atom stereocenters. The topological polar surface area (TPSA) is 17.1 Å². The van der Waals surface area contributed by atoms with Crippen molar-refractivity contribution in [3.05, 3.63) is 107 Å². The third-order valence-electron chi connectivity index (χ3n) is 6.11. The van der Waals surface area contributed by atoms with E-state index >= 15 is 0 Å². The number of aryl methyl sites for hydroxylation is 1. The van der Waals surface area contributed by atoms with Gasteiger partial charge in [0.05, 0.1) is 5.56 Å². The van der Waals surface area contributed by atoms with E-state index in [1.54, 1.807) is 12.1 Å². The third-order valence-corrected chi connectivity index (χ3v) is 6.11. The summed E-state index contributed by atoms with van der Waals surface area (Å²) in [7, 11) is 0. The molecule has 4 aromatic rings. The van der Waals surface area contributed by atoms with E-state index in [4.69, 9.17) is 0 Å². The highest BCUT2D eigenvalue weighted by molar-refractivity contribution is 5.79. The Bertz CT molecular complexity index is 1340. The Hall–Kier alpha value is -3.73. The molecule has 0 bridgehead atoms. The normalized spacial score (nSPS) is 11.0. The number of halogens is 4. The molecule has 0 N–H and O–H groups in total. The van der Waals surface area contributed by atoms with Crippen molar-refractivity contribution in [2.45, 2.75) is 32.6 Å². The fourth-order valence-electron chi connectivity index (χ4n) is 4.14. The van der Waals surface area contributed by atoms with E-state index in [1.807, 2.05) is 12.1 Å². The molecule has 0 saturated heterocycles. The van der Waals surface area contributed by atoms with Crippen molar-refractivity contribution in [1.29, 1.82) is 0 Å².